The molecule has 4 nitrogen and oxygen atoms in total. The molecule has 0 saturated carbocycles. The number of carbonyl (C=O) groups excluding carboxylic acids is 1. The Bertz CT molecular complexity index is 771. The molecule has 0 atom stereocenters. The minimum Gasteiger partial charge on any atom is -0.439 e. The Morgan fingerprint density at radius 3 is 2.17 bits per heavy atom. The smallest absolute Gasteiger partial charge is 0.259 e. The van der Waals surface area contributed by atoms with Crippen LogP contribution >= 0.6 is 0 Å². The molecule has 0 aliphatic carbocycles. The fourth-order valence-electron chi connectivity index (χ4n) is 2.14. The van der Waals surface area contributed by atoms with Gasteiger partial charge < -0.3 is 9.64 Å². The third-order valence-electron chi connectivity index (χ3n) is 3.40. The maximum atomic E-state index is 12.5. The number of hydrogen-bond acceptors (Lipinski definition) is 3. The highest BCUT2D eigenvalue weighted by molar-refractivity contribution is 6.05. The lowest BCUT2D eigenvalue weighted by Gasteiger charge is -2.17. The Hall–Kier alpha value is -3.14. The molecule has 0 aliphatic heterocycles. The molecular weight excluding hydrogens is 288 g/mol. The molecule has 0 saturated heterocycles. The maximum Gasteiger partial charge on any atom is 0.259 e. The molecule has 0 unspecified atom stereocenters. The molecule has 2 aromatic carbocycles. The van der Waals surface area contributed by atoms with E-state index in [1.165, 1.54) is 6.20 Å². The van der Waals surface area contributed by atoms with Crippen molar-refractivity contribution in [1.29, 1.82) is 0 Å². The van der Waals surface area contributed by atoms with Crippen LogP contribution in [0.25, 0.3) is 0 Å². The molecule has 0 fully saturated rings. The second-order valence-corrected chi connectivity index (χ2v) is 5.00. The average molecular weight is 304 g/mol. The molecule has 0 radical (unpaired) electrons. The molecule has 0 bridgehead atoms. The van der Waals surface area contributed by atoms with Crippen molar-refractivity contribution in [2.45, 2.75) is 0 Å². The number of carbonyl (C=O) groups is 1. The van der Waals surface area contributed by atoms with Crippen LogP contribution in [0.4, 0.5) is 5.69 Å². The zero-order valence-corrected chi connectivity index (χ0v) is 12.7. The largest absolute Gasteiger partial charge is 0.439 e. The third-order valence-corrected chi connectivity index (χ3v) is 3.40. The number of hydrogen-bond donors (Lipinski definition) is 0. The highest BCUT2D eigenvalue weighted by Gasteiger charge is 2.13. The van der Waals surface area contributed by atoms with Gasteiger partial charge in [0.15, 0.2) is 0 Å². The SMILES string of the molecule is CN(C(=O)c1ccc(Oc2ccccc2)nc1)c1ccccc1. The number of benzene rings is 2. The Labute approximate surface area is 135 Å². The molecule has 1 aromatic heterocycles. The van der Waals surface area contributed by atoms with Crippen LogP contribution in [-0.2, 0) is 0 Å². The summed E-state index contributed by atoms with van der Waals surface area (Å²) in [6, 6.07) is 22.3. The van der Waals surface area contributed by atoms with Gasteiger partial charge in [0.25, 0.3) is 5.91 Å². The number of nitrogens with zero attached hydrogens (tertiary/aromatic N) is 2. The predicted octanol–water partition coefficient (Wildman–Crippen LogP) is 4.15. The Kier molecular flexibility index (Phi) is 4.34. The summed E-state index contributed by atoms with van der Waals surface area (Å²) >= 11 is 0. The lowest BCUT2D eigenvalue weighted by molar-refractivity contribution is 0.0992. The van der Waals surface area contributed by atoms with Crippen LogP contribution in [0.3, 0.4) is 0 Å². The summed E-state index contributed by atoms with van der Waals surface area (Å²) in [5.74, 6) is 1.05. The molecule has 3 aromatic rings. The highest BCUT2D eigenvalue weighted by atomic mass is 16.5. The Morgan fingerprint density at radius 1 is 0.913 bits per heavy atom. The minimum atomic E-state index is -0.116. The number of anilines is 1. The fraction of sp³-hybridized carbons (Fsp3) is 0.0526. The van der Waals surface area contributed by atoms with E-state index in [1.54, 1.807) is 24.1 Å². The Balaban J connectivity index is 1.73. The number of para-hydroxylation sites is 2. The highest BCUT2D eigenvalue weighted by Crippen LogP contribution is 2.20. The van der Waals surface area contributed by atoms with Crippen LogP contribution < -0.4 is 9.64 Å². The minimum absolute atomic E-state index is 0.116. The number of ether oxygens (including phenoxy) is 1. The predicted molar refractivity (Wildman–Crippen MR) is 89.9 cm³/mol. The van der Waals surface area contributed by atoms with Crippen LogP contribution in [0.1, 0.15) is 10.4 Å². The van der Waals surface area contributed by atoms with Gasteiger partial charge in [-0.2, -0.15) is 0 Å². The molecule has 1 amide bonds. The van der Waals surface area contributed by atoms with E-state index in [0.717, 1.165) is 5.69 Å². The molecule has 4 heteroatoms. The summed E-state index contributed by atoms with van der Waals surface area (Å²) in [7, 11) is 1.74. The van der Waals surface area contributed by atoms with E-state index in [-0.39, 0.29) is 5.91 Å². The molecular formula is C19H16N2O2. The first kappa shape index (κ1) is 14.8. The van der Waals surface area contributed by atoms with Gasteiger partial charge in [-0.1, -0.05) is 36.4 Å². The van der Waals surface area contributed by atoms with Gasteiger partial charge in [0.05, 0.1) is 5.56 Å². The third kappa shape index (κ3) is 3.55. The first-order valence-electron chi connectivity index (χ1n) is 7.26. The standard InChI is InChI=1S/C19H16N2O2/c1-21(16-8-4-2-5-9-16)19(22)15-12-13-18(20-14-15)23-17-10-6-3-7-11-17/h2-14H,1H3. The molecule has 0 N–H and O–H groups in total. The lowest BCUT2D eigenvalue weighted by atomic mass is 10.2. The van der Waals surface area contributed by atoms with Gasteiger partial charge in [-0.25, -0.2) is 4.98 Å². The maximum absolute atomic E-state index is 12.5. The topological polar surface area (TPSA) is 42.4 Å². The van der Waals surface area contributed by atoms with Crippen LogP contribution in [0.5, 0.6) is 11.6 Å². The van der Waals surface area contributed by atoms with Gasteiger partial charge in [-0.3, -0.25) is 4.79 Å². The summed E-state index contributed by atoms with van der Waals surface area (Å²) in [5.41, 5.74) is 1.35. The van der Waals surface area contributed by atoms with Crippen molar-refractivity contribution in [1.82, 2.24) is 4.98 Å². The zero-order valence-electron chi connectivity index (χ0n) is 12.7. The van der Waals surface area contributed by atoms with Gasteiger partial charge in [0, 0.05) is 25.0 Å². The van der Waals surface area contributed by atoms with Crippen molar-refractivity contribution >= 4 is 11.6 Å². The van der Waals surface area contributed by atoms with Crippen LogP contribution in [0.15, 0.2) is 79.0 Å². The summed E-state index contributed by atoms with van der Waals surface area (Å²) in [6.07, 6.45) is 1.53. The Morgan fingerprint density at radius 2 is 1.57 bits per heavy atom. The van der Waals surface area contributed by atoms with Gasteiger partial charge >= 0.3 is 0 Å². The number of pyridine rings is 1. The van der Waals surface area contributed by atoms with Gasteiger partial charge in [0.2, 0.25) is 5.88 Å². The van der Waals surface area contributed by atoms with Crippen molar-refractivity contribution in [2.24, 2.45) is 0 Å². The summed E-state index contributed by atoms with van der Waals surface area (Å²) < 4.78 is 5.62. The van der Waals surface area contributed by atoms with Crippen molar-refractivity contribution in [3.05, 3.63) is 84.6 Å². The lowest BCUT2D eigenvalue weighted by Crippen LogP contribution is -2.26. The van der Waals surface area contributed by atoms with E-state index in [1.807, 2.05) is 60.7 Å². The number of rotatable bonds is 4. The first-order valence-corrected chi connectivity index (χ1v) is 7.26. The van der Waals surface area contributed by atoms with Gasteiger partial charge in [-0.05, 0) is 30.3 Å². The molecule has 0 spiro atoms. The van der Waals surface area contributed by atoms with E-state index in [0.29, 0.717) is 17.2 Å². The second kappa shape index (κ2) is 6.75. The average Bonchev–Trinajstić information content (AvgIpc) is 2.63. The number of amides is 1. The first-order chi connectivity index (χ1) is 11.2. The van der Waals surface area contributed by atoms with E-state index in [2.05, 4.69) is 4.98 Å². The second-order valence-electron chi connectivity index (χ2n) is 5.00. The summed E-state index contributed by atoms with van der Waals surface area (Å²) in [6.45, 7) is 0. The van der Waals surface area contributed by atoms with E-state index < -0.39 is 0 Å². The van der Waals surface area contributed by atoms with Crippen LogP contribution in [0.2, 0.25) is 0 Å². The van der Waals surface area contributed by atoms with Crippen LogP contribution in [-0.4, -0.2) is 17.9 Å². The van der Waals surface area contributed by atoms with Crippen molar-refractivity contribution in [3.63, 3.8) is 0 Å². The van der Waals surface area contributed by atoms with Crippen molar-refractivity contribution in [2.75, 3.05) is 11.9 Å². The quantitative estimate of drug-likeness (QED) is 0.727. The van der Waals surface area contributed by atoms with Gasteiger partial charge in [-0.15, -0.1) is 0 Å². The van der Waals surface area contributed by atoms with Gasteiger partial charge in [0.1, 0.15) is 5.75 Å². The summed E-state index contributed by atoms with van der Waals surface area (Å²) in [4.78, 5) is 18.3. The van der Waals surface area contributed by atoms with E-state index >= 15 is 0 Å². The number of aromatic nitrogens is 1. The monoisotopic (exact) mass is 304 g/mol. The molecule has 23 heavy (non-hydrogen) atoms. The van der Waals surface area contributed by atoms with E-state index in [4.69, 9.17) is 4.74 Å². The molecule has 1 heterocycles. The van der Waals surface area contributed by atoms with E-state index in [9.17, 15) is 4.79 Å². The molecule has 0 aliphatic rings. The molecule has 3 rings (SSSR count). The molecule has 114 valence electrons. The zero-order chi connectivity index (χ0) is 16.1. The summed E-state index contributed by atoms with van der Waals surface area (Å²) in [5, 5.41) is 0. The van der Waals surface area contributed by atoms with Crippen LogP contribution in [0, 0.1) is 0 Å². The van der Waals surface area contributed by atoms with Crippen molar-refractivity contribution in [3.8, 4) is 11.6 Å². The van der Waals surface area contributed by atoms with Crippen molar-refractivity contribution < 1.29 is 9.53 Å². The fourth-order valence-corrected chi connectivity index (χ4v) is 2.14. The normalized spacial score (nSPS) is 10.1.